The topological polar surface area (TPSA) is 116 Å². The molecule has 1 aromatic carbocycles. The molecule has 0 saturated heterocycles. The molecule has 1 atom stereocenters. The number of fused-ring (bicyclic) bond motifs is 1. The van der Waals surface area contributed by atoms with Crippen molar-refractivity contribution in [2.24, 2.45) is 0 Å². The largest absolute Gasteiger partial charge is 0.491 e. The number of benzene rings is 1. The van der Waals surface area contributed by atoms with Gasteiger partial charge in [-0.1, -0.05) is 30.0 Å². The van der Waals surface area contributed by atoms with E-state index >= 15 is 0 Å². The number of carboxylic acids is 1. The van der Waals surface area contributed by atoms with Crippen LogP contribution < -0.4 is 10.5 Å². The summed E-state index contributed by atoms with van der Waals surface area (Å²) in [5.41, 5.74) is 7.95. The van der Waals surface area contributed by atoms with Crippen LogP contribution in [0, 0.1) is 6.92 Å². The van der Waals surface area contributed by atoms with Crippen LogP contribution in [0.5, 0.6) is 5.75 Å². The van der Waals surface area contributed by atoms with Crippen LogP contribution in [0.4, 0.5) is 5.82 Å². The van der Waals surface area contributed by atoms with Crippen molar-refractivity contribution < 1.29 is 14.6 Å². The molecule has 0 spiro atoms. The summed E-state index contributed by atoms with van der Waals surface area (Å²) in [4.78, 5) is 23.8. The lowest BCUT2D eigenvalue weighted by molar-refractivity contribution is -0.136. The second kappa shape index (κ2) is 7.61. The number of hydrogen-bond donors (Lipinski definition) is 2. The molecule has 136 valence electrons. The van der Waals surface area contributed by atoms with Gasteiger partial charge in [0.25, 0.3) is 0 Å². The van der Waals surface area contributed by atoms with Gasteiger partial charge >= 0.3 is 5.97 Å². The first-order valence-electron chi connectivity index (χ1n) is 8.02. The fourth-order valence-corrected chi connectivity index (χ4v) is 3.27. The second-order valence-corrected chi connectivity index (χ2v) is 7.00. The minimum Gasteiger partial charge on any atom is -0.491 e. The Labute approximate surface area is 154 Å². The van der Waals surface area contributed by atoms with Gasteiger partial charge in [0.05, 0.1) is 6.54 Å². The molecule has 2 aromatic heterocycles. The number of hydrogen-bond acceptors (Lipinski definition) is 7. The number of anilines is 1. The maximum Gasteiger partial charge on any atom is 0.316 e. The normalized spacial score (nSPS) is 12.2. The van der Waals surface area contributed by atoms with E-state index in [1.165, 1.54) is 6.33 Å². The number of aliphatic carboxylic acids is 1. The van der Waals surface area contributed by atoms with Gasteiger partial charge in [0.1, 0.15) is 23.9 Å². The fourth-order valence-electron chi connectivity index (χ4n) is 2.40. The minimum atomic E-state index is -0.913. The van der Waals surface area contributed by atoms with Gasteiger partial charge in [-0.3, -0.25) is 4.79 Å². The molecule has 0 bridgehead atoms. The maximum absolute atomic E-state index is 11.2. The van der Waals surface area contributed by atoms with E-state index in [4.69, 9.17) is 10.5 Å². The lowest BCUT2D eigenvalue weighted by Crippen LogP contribution is -2.15. The number of nitrogen functional groups attached to an aromatic ring is 1. The molecule has 0 radical (unpaired) electrons. The van der Waals surface area contributed by atoms with Crippen LogP contribution in [-0.2, 0) is 11.3 Å². The van der Waals surface area contributed by atoms with Crippen molar-refractivity contribution in [1.82, 2.24) is 19.5 Å². The quantitative estimate of drug-likeness (QED) is 0.606. The molecule has 0 unspecified atom stereocenters. The molecule has 26 heavy (non-hydrogen) atoms. The number of carbonyl (C=O) groups is 1. The summed E-state index contributed by atoms with van der Waals surface area (Å²) >= 11 is 1.14. The number of carboxylic acid groups (broad SMARTS) is 1. The molecule has 3 aromatic rings. The van der Waals surface area contributed by atoms with Gasteiger partial charge in [-0.15, -0.1) is 0 Å². The van der Waals surface area contributed by atoms with Crippen LogP contribution in [0.3, 0.4) is 0 Å². The molecule has 0 aliphatic rings. The Bertz CT molecular complexity index is 943. The average molecular weight is 373 g/mol. The molecule has 9 heteroatoms. The number of imidazole rings is 1. The lowest BCUT2D eigenvalue weighted by Gasteiger charge is -2.12. The van der Waals surface area contributed by atoms with Crippen LogP contribution in [0.1, 0.15) is 12.5 Å². The van der Waals surface area contributed by atoms with Crippen molar-refractivity contribution in [2.45, 2.75) is 30.8 Å². The van der Waals surface area contributed by atoms with Crippen LogP contribution in [0.15, 0.2) is 35.7 Å². The summed E-state index contributed by atoms with van der Waals surface area (Å²) in [5.74, 6) is 0.154. The predicted octanol–water partition coefficient (Wildman–Crippen LogP) is 2.36. The first kappa shape index (κ1) is 18.0. The SMILES string of the molecule is Cc1ccccc1OCCn1c(S[C@H](C)C(=O)O)nc2c(N)ncnc21. The number of aryl methyl sites for hydroxylation is 1. The van der Waals surface area contributed by atoms with Crippen LogP contribution >= 0.6 is 11.8 Å². The highest BCUT2D eigenvalue weighted by atomic mass is 32.2. The average Bonchev–Trinajstić information content (AvgIpc) is 2.95. The summed E-state index contributed by atoms with van der Waals surface area (Å²) in [6.45, 7) is 4.42. The van der Waals surface area contributed by atoms with E-state index < -0.39 is 11.2 Å². The van der Waals surface area contributed by atoms with Crippen LogP contribution in [0.2, 0.25) is 0 Å². The molecular weight excluding hydrogens is 354 g/mol. The van der Waals surface area contributed by atoms with E-state index in [2.05, 4.69) is 15.0 Å². The Morgan fingerprint density at radius 2 is 2.15 bits per heavy atom. The van der Waals surface area contributed by atoms with E-state index in [0.29, 0.717) is 29.5 Å². The highest BCUT2D eigenvalue weighted by molar-refractivity contribution is 8.00. The highest BCUT2D eigenvalue weighted by Crippen LogP contribution is 2.28. The Kier molecular flexibility index (Phi) is 5.27. The number of thioether (sulfide) groups is 1. The van der Waals surface area contributed by atoms with Gasteiger partial charge in [0.2, 0.25) is 0 Å². The monoisotopic (exact) mass is 373 g/mol. The van der Waals surface area contributed by atoms with Gasteiger partial charge in [0.15, 0.2) is 22.1 Å². The van der Waals surface area contributed by atoms with Gasteiger partial charge in [-0.25, -0.2) is 15.0 Å². The molecule has 2 heterocycles. The van der Waals surface area contributed by atoms with Gasteiger partial charge in [0, 0.05) is 0 Å². The summed E-state index contributed by atoms with van der Waals surface area (Å²) in [6.07, 6.45) is 1.37. The third-order valence-corrected chi connectivity index (χ3v) is 4.90. The third kappa shape index (κ3) is 3.72. The van der Waals surface area contributed by atoms with Crippen molar-refractivity contribution in [3.8, 4) is 5.75 Å². The summed E-state index contributed by atoms with van der Waals surface area (Å²) < 4.78 is 7.66. The van der Waals surface area contributed by atoms with E-state index in [1.54, 1.807) is 6.92 Å². The van der Waals surface area contributed by atoms with Gasteiger partial charge in [-0.2, -0.15) is 0 Å². The van der Waals surface area contributed by atoms with Crippen molar-refractivity contribution in [2.75, 3.05) is 12.3 Å². The molecule has 0 saturated carbocycles. The molecule has 0 fully saturated rings. The Morgan fingerprint density at radius 3 is 2.88 bits per heavy atom. The van der Waals surface area contributed by atoms with Crippen LogP contribution in [0.25, 0.3) is 11.2 Å². The summed E-state index contributed by atoms with van der Waals surface area (Å²) in [6, 6.07) is 7.75. The Balaban J connectivity index is 1.86. The predicted molar refractivity (Wildman–Crippen MR) is 99.4 cm³/mol. The first-order valence-corrected chi connectivity index (χ1v) is 8.90. The molecule has 3 rings (SSSR count). The number of para-hydroxylation sites is 1. The Morgan fingerprint density at radius 1 is 1.38 bits per heavy atom. The standard InChI is InChI=1S/C17H19N5O3S/c1-10-5-3-4-6-12(10)25-8-7-22-15-13(14(18)19-9-20-15)21-17(22)26-11(2)16(23)24/h3-6,9,11H,7-8H2,1-2H3,(H,23,24)(H2,18,19,20)/t11-/m1/s1. The highest BCUT2D eigenvalue weighted by Gasteiger charge is 2.20. The number of aromatic nitrogens is 4. The number of rotatable bonds is 7. The lowest BCUT2D eigenvalue weighted by atomic mass is 10.2. The molecule has 0 amide bonds. The number of nitrogens with zero attached hydrogens (tertiary/aromatic N) is 4. The fraction of sp³-hybridized carbons (Fsp3) is 0.294. The molecule has 8 nitrogen and oxygen atoms in total. The van der Waals surface area contributed by atoms with Crippen molar-refractivity contribution in [3.05, 3.63) is 36.2 Å². The minimum absolute atomic E-state index is 0.262. The van der Waals surface area contributed by atoms with E-state index in [-0.39, 0.29) is 5.82 Å². The zero-order chi connectivity index (χ0) is 18.7. The Hall–Kier alpha value is -2.81. The number of nitrogens with two attached hydrogens (primary N) is 1. The molecule has 3 N–H and O–H groups in total. The molecule has 0 aliphatic carbocycles. The van der Waals surface area contributed by atoms with E-state index in [1.807, 2.05) is 35.8 Å². The second-order valence-electron chi connectivity index (χ2n) is 5.69. The number of ether oxygens (including phenoxy) is 1. The molecule has 0 aliphatic heterocycles. The van der Waals surface area contributed by atoms with Crippen LogP contribution in [-0.4, -0.2) is 42.5 Å². The van der Waals surface area contributed by atoms with Crippen molar-refractivity contribution in [3.63, 3.8) is 0 Å². The van der Waals surface area contributed by atoms with Gasteiger partial charge < -0.3 is 20.1 Å². The summed E-state index contributed by atoms with van der Waals surface area (Å²) in [7, 11) is 0. The first-order chi connectivity index (χ1) is 12.5. The molecular formula is C17H19N5O3S. The summed E-state index contributed by atoms with van der Waals surface area (Å²) in [5, 5.41) is 9.05. The maximum atomic E-state index is 11.2. The van der Waals surface area contributed by atoms with E-state index in [0.717, 1.165) is 23.1 Å². The zero-order valence-corrected chi connectivity index (χ0v) is 15.2. The van der Waals surface area contributed by atoms with E-state index in [9.17, 15) is 9.90 Å². The third-order valence-electron chi connectivity index (χ3n) is 3.82. The van der Waals surface area contributed by atoms with Crippen molar-refractivity contribution in [1.29, 1.82) is 0 Å². The smallest absolute Gasteiger partial charge is 0.316 e. The zero-order valence-electron chi connectivity index (χ0n) is 14.4. The van der Waals surface area contributed by atoms with Gasteiger partial charge in [-0.05, 0) is 25.5 Å². The van der Waals surface area contributed by atoms with Crippen molar-refractivity contribution >= 4 is 34.7 Å².